The van der Waals surface area contributed by atoms with E-state index < -0.39 is 0 Å². The summed E-state index contributed by atoms with van der Waals surface area (Å²) in [6.45, 7) is 7.22. The summed E-state index contributed by atoms with van der Waals surface area (Å²) in [5.74, 6) is 1.16. The highest BCUT2D eigenvalue weighted by molar-refractivity contribution is 7.98. The molecule has 0 bridgehead atoms. The summed E-state index contributed by atoms with van der Waals surface area (Å²) in [6.07, 6.45) is 4.82. The van der Waals surface area contributed by atoms with Crippen LogP contribution >= 0.6 is 34.7 Å². The summed E-state index contributed by atoms with van der Waals surface area (Å²) in [6, 6.07) is 16.5. The zero-order valence-corrected chi connectivity index (χ0v) is 24.7. The molecule has 2 aromatic carbocycles. The molecule has 204 valence electrons. The van der Waals surface area contributed by atoms with Crippen molar-refractivity contribution in [2.75, 3.05) is 19.6 Å². The Morgan fingerprint density at radius 2 is 1.97 bits per heavy atom. The summed E-state index contributed by atoms with van der Waals surface area (Å²) in [4.78, 5) is 19.8. The standard InChI is InChI=1S/C29H33ClN6OS2/c1-20-10-3-6-14-25(20)36-27(22-12-4-5-13-23(22)30)33-34-29(36)39-19-26-32-24(18-38-26)28(37)31-15-9-17-35-16-8-7-11-21(35)2/h3-6,10,12-14,18,21H,7-9,11,15-17,19H2,1-2H3,(H,31,37). The largest absolute Gasteiger partial charge is 0.351 e. The normalized spacial score (nSPS) is 15.9. The molecule has 4 aromatic rings. The van der Waals surface area contributed by atoms with Crippen LogP contribution in [0.25, 0.3) is 17.1 Å². The third-order valence-corrected chi connectivity index (χ3v) is 9.36. The van der Waals surface area contributed by atoms with Gasteiger partial charge in [-0.2, -0.15) is 0 Å². The molecule has 1 aliphatic heterocycles. The van der Waals surface area contributed by atoms with Crippen LogP contribution < -0.4 is 5.32 Å². The second kappa shape index (κ2) is 13.1. The fourth-order valence-corrected chi connectivity index (χ4v) is 6.84. The summed E-state index contributed by atoms with van der Waals surface area (Å²) >= 11 is 9.56. The van der Waals surface area contributed by atoms with E-state index >= 15 is 0 Å². The predicted molar refractivity (Wildman–Crippen MR) is 160 cm³/mol. The smallest absolute Gasteiger partial charge is 0.270 e. The van der Waals surface area contributed by atoms with E-state index in [2.05, 4.69) is 51.4 Å². The van der Waals surface area contributed by atoms with Crippen molar-refractivity contribution in [2.45, 2.75) is 56.5 Å². The Hall–Kier alpha value is -2.72. The molecule has 7 nitrogen and oxygen atoms in total. The molecule has 10 heteroatoms. The highest BCUT2D eigenvalue weighted by Gasteiger charge is 2.20. The molecule has 1 N–H and O–H groups in total. The topological polar surface area (TPSA) is 75.9 Å². The van der Waals surface area contributed by atoms with Gasteiger partial charge in [0.1, 0.15) is 10.7 Å². The van der Waals surface area contributed by atoms with Gasteiger partial charge in [-0.05, 0) is 63.4 Å². The molecule has 0 radical (unpaired) electrons. The van der Waals surface area contributed by atoms with E-state index in [0.29, 0.717) is 34.9 Å². The Balaban J connectivity index is 1.24. The van der Waals surface area contributed by atoms with Crippen molar-refractivity contribution in [2.24, 2.45) is 0 Å². The first-order chi connectivity index (χ1) is 19.0. The number of halogens is 1. The molecule has 1 unspecified atom stereocenters. The number of aromatic nitrogens is 4. The average molecular weight is 581 g/mol. The van der Waals surface area contributed by atoms with Gasteiger partial charge in [-0.15, -0.1) is 21.5 Å². The number of thioether (sulfide) groups is 1. The van der Waals surface area contributed by atoms with Crippen LogP contribution in [0, 0.1) is 6.92 Å². The number of thiazole rings is 1. The van der Waals surface area contributed by atoms with Crippen molar-refractivity contribution in [1.29, 1.82) is 0 Å². The fraction of sp³-hybridized carbons (Fsp3) is 0.379. The molecular formula is C29H33ClN6OS2. The van der Waals surface area contributed by atoms with Crippen LogP contribution in [0.5, 0.6) is 0 Å². The molecule has 1 aliphatic rings. The second-order valence-electron chi connectivity index (χ2n) is 9.81. The Labute approximate surface area is 243 Å². The molecule has 1 saturated heterocycles. The molecule has 2 aromatic heterocycles. The maximum atomic E-state index is 12.7. The van der Waals surface area contributed by atoms with E-state index in [0.717, 1.165) is 39.9 Å². The van der Waals surface area contributed by atoms with Gasteiger partial charge in [-0.1, -0.05) is 60.1 Å². The van der Waals surface area contributed by atoms with Crippen LogP contribution in [0.1, 0.15) is 53.7 Å². The number of carbonyl (C=O) groups is 1. The highest BCUT2D eigenvalue weighted by Crippen LogP contribution is 2.34. The van der Waals surface area contributed by atoms with Crippen molar-refractivity contribution < 1.29 is 4.79 Å². The number of hydrogen-bond acceptors (Lipinski definition) is 7. The minimum Gasteiger partial charge on any atom is -0.351 e. The van der Waals surface area contributed by atoms with E-state index in [1.165, 1.54) is 37.1 Å². The number of benzene rings is 2. The van der Waals surface area contributed by atoms with Crippen LogP contribution in [-0.2, 0) is 5.75 Å². The number of amides is 1. The minimum absolute atomic E-state index is 0.113. The first-order valence-corrected chi connectivity index (χ1v) is 15.6. The van der Waals surface area contributed by atoms with Gasteiger partial charge in [0.05, 0.1) is 16.5 Å². The first-order valence-electron chi connectivity index (χ1n) is 13.4. The lowest BCUT2D eigenvalue weighted by molar-refractivity contribution is 0.0944. The summed E-state index contributed by atoms with van der Waals surface area (Å²) in [5, 5.41) is 16.1. The van der Waals surface area contributed by atoms with Gasteiger partial charge in [0.15, 0.2) is 11.0 Å². The first kappa shape index (κ1) is 27.8. The van der Waals surface area contributed by atoms with Gasteiger partial charge in [0.2, 0.25) is 0 Å². The minimum atomic E-state index is -0.113. The molecule has 5 rings (SSSR count). The molecule has 39 heavy (non-hydrogen) atoms. The third kappa shape index (κ3) is 6.72. The molecule has 1 atom stereocenters. The van der Waals surface area contributed by atoms with Crippen LogP contribution in [0.3, 0.4) is 0 Å². The SMILES string of the molecule is Cc1ccccc1-n1c(SCc2nc(C(=O)NCCCN3CCCCC3C)cs2)nnc1-c1ccccc1Cl. The zero-order chi connectivity index (χ0) is 27.2. The van der Waals surface area contributed by atoms with Crippen molar-refractivity contribution in [3.8, 4) is 17.1 Å². The van der Waals surface area contributed by atoms with Gasteiger partial charge in [-0.25, -0.2) is 4.98 Å². The van der Waals surface area contributed by atoms with Crippen molar-refractivity contribution in [3.63, 3.8) is 0 Å². The number of aryl methyl sites for hydroxylation is 1. The lowest BCUT2D eigenvalue weighted by Gasteiger charge is -2.33. The van der Waals surface area contributed by atoms with E-state index in [-0.39, 0.29) is 5.91 Å². The maximum Gasteiger partial charge on any atom is 0.270 e. The van der Waals surface area contributed by atoms with E-state index in [4.69, 9.17) is 11.6 Å². The van der Waals surface area contributed by atoms with Crippen LogP contribution in [0.15, 0.2) is 59.1 Å². The molecule has 3 heterocycles. The van der Waals surface area contributed by atoms with Gasteiger partial charge < -0.3 is 10.2 Å². The average Bonchev–Trinajstić information content (AvgIpc) is 3.59. The van der Waals surface area contributed by atoms with Crippen molar-refractivity contribution in [1.82, 2.24) is 30.0 Å². The number of carbonyl (C=O) groups excluding carboxylic acids is 1. The van der Waals surface area contributed by atoms with Gasteiger partial charge in [-0.3, -0.25) is 9.36 Å². The van der Waals surface area contributed by atoms with Crippen LogP contribution in [0.4, 0.5) is 0 Å². The number of para-hydroxylation sites is 1. The van der Waals surface area contributed by atoms with Crippen LogP contribution in [-0.4, -0.2) is 56.2 Å². The zero-order valence-electron chi connectivity index (χ0n) is 22.3. The Kier molecular flexibility index (Phi) is 9.34. The summed E-state index contributed by atoms with van der Waals surface area (Å²) in [7, 11) is 0. The number of piperidine rings is 1. The fourth-order valence-electron chi connectivity index (χ4n) is 4.88. The molecule has 1 amide bonds. The molecule has 0 saturated carbocycles. The van der Waals surface area contributed by atoms with Gasteiger partial charge in [0.25, 0.3) is 5.91 Å². The lowest BCUT2D eigenvalue weighted by Crippen LogP contribution is -2.39. The van der Waals surface area contributed by atoms with Gasteiger partial charge >= 0.3 is 0 Å². The van der Waals surface area contributed by atoms with E-state index in [1.807, 2.05) is 46.3 Å². The Bertz CT molecular complexity index is 1420. The summed E-state index contributed by atoms with van der Waals surface area (Å²) < 4.78 is 2.05. The quantitative estimate of drug-likeness (QED) is 0.167. The summed E-state index contributed by atoms with van der Waals surface area (Å²) in [5.41, 5.74) is 3.40. The Morgan fingerprint density at radius 3 is 2.79 bits per heavy atom. The number of rotatable bonds is 10. The number of nitrogens with zero attached hydrogens (tertiary/aromatic N) is 5. The predicted octanol–water partition coefficient (Wildman–Crippen LogP) is 6.64. The van der Waals surface area contributed by atoms with E-state index in [1.54, 1.807) is 11.8 Å². The highest BCUT2D eigenvalue weighted by atomic mass is 35.5. The lowest BCUT2D eigenvalue weighted by atomic mass is 10.0. The van der Waals surface area contributed by atoms with E-state index in [9.17, 15) is 4.79 Å². The maximum absolute atomic E-state index is 12.7. The number of nitrogens with one attached hydrogen (secondary N) is 1. The second-order valence-corrected chi connectivity index (χ2v) is 12.1. The third-order valence-electron chi connectivity index (χ3n) is 7.06. The molecule has 1 fully saturated rings. The Morgan fingerprint density at radius 1 is 1.15 bits per heavy atom. The molecular weight excluding hydrogens is 548 g/mol. The number of hydrogen-bond donors (Lipinski definition) is 1. The monoisotopic (exact) mass is 580 g/mol. The molecule has 0 spiro atoms. The van der Waals surface area contributed by atoms with Crippen molar-refractivity contribution in [3.05, 3.63) is 75.2 Å². The molecule has 0 aliphatic carbocycles. The van der Waals surface area contributed by atoms with Gasteiger partial charge in [0, 0.05) is 30.1 Å². The van der Waals surface area contributed by atoms with Crippen molar-refractivity contribution >= 4 is 40.6 Å². The van der Waals surface area contributed by atoms with Crippen LogP contribution in [0.2, 0.25) is 5.02 Å². The number of likely N-dealkylation sites (tertiary alicyclic amines) is 1.